The lowest BCUT2D eigenvalue weighted by Gasteiger charge is -2.10. The van der Waals surface area contributed by atoms with Gasteiger partial charge in [0.15, 0.2) is 0 Å². The molecule has 0 fully saturated rings. The van der Waals surface area contributed by atoms with Crippen molar-refractivity contribution < 1.29 is 19.1 Å². The van der Waals surface area contributed by atoms with E-state index in [1.807, 2.05) is 13.8 Å². The number of amides is 2. The highest BCUT2D eigenvalue weighted by Crippen LogP contribution is 2.16. The number of hydrogen-bond acceptors (Lipinski definition) is 4. The molecule has 1 aromatic rings. The largest absolute Gasteiger partial charge is 0.462 e. The molecule has 0 saturated carbocycles. The van der Waals surface area contributed by atoms with Gasteiger partial charge < -0.3 is 19.9 Å². The van der Waals surface area contributed by atoms with Crippen molar-refractivity contribution in [3.8, 4) is 0 Å². The highest BCUT2D eigenvalue weighted by Gasteiger charge is 2.18. The number of ether oxygens (including phenoxy) is 1. The fourth-order valence-electron chi connectivity index (χ4n) is 2.10. The van der Waals surface area contributed by atoms with E-state index in [-0.39, 0.29) is 24.9 Å². The number of hydrogen-bond donors (Lipinski definition) is 2. The maximum atomic E-state index is 11.9. The topological polar surface area (TPSA) is 89.4 Å². The lowest BCUT2D eigenvalue weighted by molar-refractivity contribution is -0.126. The van der Waals surface area contributed by atoms with Crippen LogP contribution in [-0.4, -0.2) is 42.0 Å². The number of likely N-dealkylation sites (N-methyl/N-ethyl adjacent to an activating group) is 1. The molecule has 0 aliphatic heterocycles. The molecule has 1 rings (SSSR count). The maximum absolute atomic E-state index is 11.9. The van der Waals surface area contributed by atoms with Gasteiger partial charge >= 0.3 is 5.97 Å². The van der Waals surface area contributed by atoms with Crippen molar-refractivity contribution in [2.45, 2.75) is 34.2 Å². The standard InChI is InChI=1S/C15H23N3O4/c1-5-16-13(19)8-17-14(20)9-18-10(3)7-12(11(18)4)15(21)22-6-2/h7H,5-6,8-9H2,1-4H3,(H,16,19)(H,17,20). The second-order valence-corrected chi connectivity index (χ2v) is 4.82. The summed E-state index contributed by atoms with van der Waals surface area (Å²) in [6, 6.07) is 1.70. The minimum absolute atomic E-state index is 0.0521. The lowest BCUT2D eigenvalue weighted by atomic mass is 10.2. The van der Waals surface area contributed by atoms with Crippen LogP contribution in [0.15, 0.2) is 6.07 Å². The maximum Gasteiger partial charge on any atom is 0.339 e. The summed E-state index contributed by atoms with van der Waals surface area (Å²) in [5, 5.41) is 5.14. The summed E-state index contributed by atoms with van der Waals surface area (Å²) < 4.78 is 6.70. The number of carbonyl (C=O) groups excluding carboxylic acids is 3. The van der Waals surface area contributed by atoms with Gasteiger partial charge in [-0.2, -0.15) is 0 Å². The van der Waals surface area contributed by atoms with Crippen LogP contribution in [0, 0.1) is 13.8 Å². The third-order valence-electron chi connectivity index (χ3n) is 3.19. The first kappa shape index (κ1) is 17.7. The van der Waals surface area contributed by atoms with Gasteiger partial charge in [0.1, 0.15) is 6.54 Å². The predicted molar refractivity (Wildman–Crippen MR) is 81.6 cm³/mol. The summed E-state index contributed by atoms with van der Waals surface area (Å²) in [7, 11) is 0. The van der Waals surface area contributed by atoms with Crippen molar-refractivity contribution in [3.63, 3.8) is 0 Å². The molecule has 0 atom stereocenters. The monoisotopic (exact) mass is 309 g/mol. The molecule has 7 nitrogen and oxygen atoms in total. The molecule has 122 valence electrons. The third-order valence-corrected chi connectivity index (χ3v) is 3.19. The first-order valence-electron chi connectivity index (χ1n) is 7.27. The van der Waals surface area contributed by atoms with Gasteiger partial charge in [-0.3, -0.25) is 9.59 Å². The minimum atomic E-state index is -0.399. The fourth-order valence-corrected chi connectivity index (χ4v) is 2.10. The van der Waals surface area contributed by atoms with Crippen LogP contribution in [0.2, 0.25) is 0 Å². The smallest absolute Gasteiger partial charge is 0.339 e. The Kier molecular flexibility index (Phi) is 6.62. The van der Waals surface area contributed by atoms with Crippen LogP contribution in [0.3, 0.4) is 0 Å². The van der Waals surface area contributed by atoms with Gasteiger partial charge in [0.2, 0.25) is 11.8 Å². The molecule has 1 aromatic heterocycles. The number of nitrogens with zero attached hydrogens (tertiary/aromatic N) is 1. The van der Waals surface area contributed by atoms with Gasteiger partial charge in [0.25, 0.3) is 0 Å². The summed E-state index contributed by atoms with van der Waals surface area (Å²) >= 11 is 0. The fraction of sp³-hybridized carbons (Fsp3) is 0.533. The molecular formula is C15H23N3O4. The minimum Gasteiger partial charge on any atom is -0.462 e. The number of nitrogens with one attached hydrogen (secondary N) is 2. The van der Waals surface area contributed by atoms with Crippen molar-refractivity contribution in [3.05, 3.63) is 23.0 Å². The molecule has 0 bridgehead atoms. The Morgan fingerprint density at radius 2 is 1.82 bits per heavy atom. The van der Waals surface area contributed by atoms with Gasteiger partial charge in [0, 0.05) is 17.9 Å². The molecule has 22 heavy (non-hydrogen) atoms. The summed E-state index contributed by atoms with van der Waals surface area (Å²) in [4.78, 5) is 35.0. The zero-order valence-electron chi connectivity index (χ0n) is 13.5. The zero-order chi connectivity index (χ0) is 16.7. The second kappa shape index (κ2) is 8.21. The first-order chi connectivity index (χ1) is 10.4. The van der Waals surface area contributed by atoms with E-state index < -0.39 is 5.97 Å². The average Bonchev–Trinajstić information content (AvgIpc) is 2.74. The summed E-state index contributed by atoms with van der Waals surface area (Å²) in [6.45, 7) is 7.94. The van der Waals surface area contributed by atoms with Crippen LogP contribution < -0.4 is 10.6 Å². The molecule has 0 radical (unpaired) electrons. The molecule has 0 spiro atoms. The summed E-state index contributed by atoms with van der Waals surface area (Å²) in [5.74, 6) is -0.919. The van der Waals surface area contributed by atoms with Crippen LogP contribution in [-0.2, 0) is 20.9 Å². The number of carbonyl (C=O) groups is 3. The molecule has 0 aliphatic rings. The Bertz CT molecular complexity index is 563. The molecule has 1 heterocycles. The van der Waals surface area contributed by atoms with Crippen molar-refractivity contribution in [1.82, 2.24) is 15.2 Å². The molecule has 0 saturated heterocycles. The first-order valence-corrected chi connectivity index (χ1v) is 7.27. The van der Waals surface area contributed by atoms with E-state index in [0.717, 1.165) is 5.69 Å². The molecule has 2 amide bonds. The zero-order valence-corrected chi connectivity index (χ0v) is 13.5. The van der Waals surface area contributed by atoms with Crippen LogP contribution in [0.25, 0.3) is 0 Å². The second-order valence-electron chi connectivity index (χ2n) is 4.82. The Labute approximate surface area is 130 Å². The van der Waals surface area contributed by atoms with E-state index in [4.69, 9.17) is 4.74 Å². The summed E-state index contributed by atoms with van der Waals surface area (Å²) in [6.07, 6.45) is 0. The van der Waals surface area contributed by atoms with Crippen LogP contribution >= 0.6 is 0 Å². The van der Waals surface area contributed by atoms with E-state index in [1.165, 1.54) is 0 Å². The van der Waals surface area contributed by atoms with Gasteiger partial charge in [-0.25, -0.2) is 4.79 Å². The van der Waals surface area contributed by atoms with Crippen LogP contribution in [0.5, 0.6) is 0 Å². The van der Waals surface area contributed by atoms with Gasteiger partial charge in [-0.05, 0) is 33.8 Å². The Morgan fingerprint density at radius 1 is 1.14 bits per heavy atom. The van der Waals surface area contributed by atoms with Crippen molar-refractivity contribution in [1.29, 1.82) is 0 Å². The van der Waals surface area contributed by atoms with Gasteiger partial charge in [-0.15, -0.1) is 0 Å². The highest BCUT2D eigenvalue weighted by molar-refractivity contribution is 5.91. The average molecular weight is 309 g/mol. The molecule has 2 N–H and O–H groups in total. The number of aryl methyl sites for hydroxylation is 1. The quantitative estimate of drug-likeness (QED) is 0.719. The van der Waals surface area contributed by atoms with E-state index in [2.05, 4.69) is 10.6 Å². The van der Waals surface area contributed by atoms with E-state index >= 15 is 0 Å². The number of esters is 1. The molecular weight excluding hydrogens is 286 g/mol. The third kappa shape index (κ3) is 4.61. The lowest BCUT2D eigenvalue weighted by Crippen LogP contribution is -2.38. The SMILES string of the molecule is CCNC(=O)CNC(=O)Cn1c(C)cc(C(=O)OCC)c1C. The molecule has 0 unspecified atom stereocenters. The molecule has 0 aliphatic carbocycles. The van der Waals surface area contributed by atoms with Crippen molar-refractivity contribution in [2.75, 3.05) is 19.7 Å². The van der Waals surface area contributed by atoms with Crippen LogP contribution in [0.1, 0.15) is 35.6 Å². The number of rotatable bonds is 7. The van der Waals surface area contributed by atoms with Crippen molar-refractivity contribution in [2.24, 2.45) is 0 Å². The number of aromatic nitrogens is 1. The predicted octanol–water partition coefficient (Wildman–Crippen LogP) is 0.534. The molecule has 0 aromatic carbocycles. The van der Waals surface area contributed by atoms with E-state index in [0.29, 0.717) is 24.4 Å². The Morgan fingerprint density at radius 3 is 2.41 bits per heavy atom. The molecule has 7 heteroatoms. The van der Waals surface area contributed by atoms with E-state index in [1.54, 1.807) is 24.5 Å². The summed E-state index contributed by atoms with van der Waals surface area (Å²) in [5.41, 5.74) is 1.91. The van der Waals surface area contributed by atoms with Gasteiger partial charge in [-0.1, -0.05) is 0 Å². The van der Waals surface area contributed by atoms with Gasteiger partial charge in [0.05, 0.1) is 18.7 Å². The highest BCUT2D eigenvalue weighted by atomic mass is 16.5. The van der Waals surface area contributed by atoms with E-state index in [9.17, 15) is 14.4 Å². The Balaban J connectivity index is 2.71. The Hall–Kier alpha value is -2.31. The normalized spacial score (nSPS) is 10.2. The van der Waals surface area contributed by atoms with Crippen LogP contribution in [0.4, 0.5) is 0 Å². The van der Waals surface area contributed by atoms with Crippen molar-refractivity contribution >= 4 is 17.8 Å².